The quantitative estimate of drug-likeness (QED) is 0.599. The number of hydrogen-bond acceptors (Lipinski definition) is 1. The average molecular weight is 329 g/mol. The van der Waals surface area contributed by atoms with E-state index in [0.29, 0.717) is 5.54 Å². The molecule has 23 heavy (non-hydrogen) atoms. The summed E-state index contributed by atoms with van der Waals surface area (Å²) < 4.78 is 5.76. The Morgan fingerprint density at radius 3 is 2.13 bits per heavy atom. The van der Waals surface area contributed by atoms with E-state index < -0.39 is 8.07 Å². The van der Waals surface area contributed by atoms with Crippen LogP contribution in [0.25, 0.3) is 0 Å². The van der Waals surface area contributed by atoms with Crippen LogP contribution in [-0.4, -0.2) is 15.2 Å². The van der Waals surface area contributed by atoms with E-state index in [1.54, 1.807) is 7.11 Å². The molecule has 0 saturated heterocycles. The van der Waals surface area contributed by atoms with Crippen LogP contribution < -0.4 is 4.74 Å². The molecule has 1 atom stereocenters. The first-order chi connectivity index (χ1) is 10.5. The number of rotatable bonds is 4. The zero-order valence-electron chi connectivity index (χ0n) is 16.3. The molecule has 1 aliphatic carbocycles. The molecule has 0 N–H and O–H groups in total. The molecular weight excluding hydrogens is 296 g/mol. The maximum absolute atomic E-state index is 5.76. The molecule has 0 aliphatic heterocycles. The number of allylic oxidation sites excluding steroid dienone is 4. The third-order valence-corrected chi connectivity index (χ3v) is 7.66. The second kappa shape index (κ2) is 5.97. The lowest BCUT2D eigenvalue weighted by Crippen LogP contribution is -2.27. The van der Waals surface area contributed by atoms with Gasteiger partial charge in [0.1, 0.15) is 5.75 Å². The Morgan fingerprint density at radius 2 is 1.65 bits per heavy atom. The molecule has 0 spiro atoms. The highest BCUT2D eigenvalue weighted by Crippen LogP contribution is 2.46. The molecule has 2 heteroatoms. The van der Waals surface area contributed by atoms with Crippen molar-refractivity contribution in [1.29, 1.82) is 0 Å². The summed E-state index contributed by atoms with van der Waals surface area (Å²) in [5, 5.41) is 0. The first-order valence-electron chi connectivity index (χ1n) is 8.54. The minimum Gasteiger partial charge on any atom is -0.496 e. The Hall–Kier alpha value is -1.28. The third kappa shape index (κ3) is 3.33. The van der Waals surface area contributed by atoms with Crippen LogP contribution in [0.15, 0.2) is 35.4 Å². The first-order valence-corrected chi connectivity index (χ1v) is 12.1. The highest BCUT2D eigenvalue weighted by Gasteiger charge is 2.36. The minimum atomic E-state index is -1.23. The van der Waals surface area contributed by atoms with Crippen molar-refractivity contribution in [3.05, 3.63) is 52.1 Å². The van der Waals surface area contributed by atoms with Gasteiger partial charge in [0, 0.05) is 11.0 Å². The number of hydrogen-bond donors (Lipinski definition) is 0. The Balaban J connectivity index is 2.57. The fourth-order valence-electron chi connectivity index (χ4n) is 3.86. The molecule has 0 fully saturated rings. The van der Waals surface area contributed by atoms with Crippen LogP contribution in [0.3, 0.4) is 0 Å². The van der Waals surface area contributed by atoms with E-state index in [4.69, 9.17) is 4.74 Å². The maximum atomic E-state index is 5.76. The van der Waals surface area contributed by atoms with E-state index in [-0.39, 0.29) is 5.41 Å². The van der Waals surface area contributed by atoms with Crippen LogP contribution in [0.2, 0.25) is 25.2 Å². The molecule has 2 rings (SSSR count). The van der Waals surface area contributed by atoms with Gasteiger partial charge in [0.05, 0.1) is 15.2 Å². The molecule has 0 aromatic heterocycles. The fourth-order valence-corrected chi connectivity index (χ4v) is 5.99. The van der Waals surface area contributed by atoms with Crippen LogP contribution in [-0.2, 0) is 5.41 Å². The van der Waals surface area contributed by atoms with Crippen LogP contribution in [0.4, 0.5) is 0 Å². The summed E-state index contributed by atoms with van der Waals surface area (Å²) in [7, 11) is 0.556. The van der Waals surface area contributed by atoms with Crippen molar-refractivity contribution in [3.63, 3.8) is 0 Å². The monoisotopic (exact) mass is 328 g/mol. The highest BCUT2D eigenvalue weighted by molar-refractivity contribution is 6.78. The Bertz CT molecular complexity index is 672. The van der Waals surface area contributed by atoms with Gasteiger partial charge in [0.2, 0.25) is 0 Å². The Labute approximate surface area is 143 Å². The van der Waals surface area contributed by atoms with Crippen molar-refractivity contribution in [2.45, 2.75) is 65.2 Å². The van der Waals surface area contributed by atoms with Gasteiger partial charge in [-0.1, -0.05) is 68.9 Å². The van der Waals surface area contributed by atoms with Crippen molar-refractivity contribution >= 4 is 8.07 Å². The first kappa shape index (κ1) is 18.1. The maximum Gasteiger partial charge on any atom is 0.125 e. The van der Waals surface area contributed by atoms with Crippen LogP contribution in [0, 0.1) is 13.8 Å². The summed E-state index contributed by atoms with van der Waals surface area (Å²) in [6.07, 6.45) is 4.94. The average Bonchev–Trinajstić information content (AvgIpc) is 2.80. The highest BCUT2D eigenvalue weighted by atomic mass is 28.3. The topological polar surface area (TPSA) is 9.23 Å². The van der Waals surface area contributed by atoms with E-state index in [2.05, 4.69) is 78.5 Å². The zero-order valence-corrected chi connectivity index (χ0v) is 17.3. The van der Waals surface area contributed by atoms with Gasteiger partial charge in [-0.15, -0.1) is 0 Å². The predicted molar refractivity (Wildman–Crippen MR) is 104 cm³/mol. The van der Waals surface area contributed by atoms with Crippen molar-refractivity contribution < 1.29 is 4.74 Å². The Morgan fingerprint density at radius 1 is 1.04 bits per heavy atom. The van der Waals surface area contributed by atoms with E-state index in [1.165, 1.54) is 27.8 Å². The van der Waals surface area contributed by atoms with Gasteiger partial charge < -0.3 is 4.74 Å². The summed E-state index contributed by atoms with van der Waals surface area (Å²) in [6.45, 7) is 18.6. The lowest BCUT2D eigenvalue weighted by atomic mass is 9.76. The normalized spacial score (nSPS) is 18.7. The SMILES string of the molecule is COc1c(C)cc(C)cc1C(C)(C)C1=CC([Si](C)(C)C)C(C)=C1. The van der Waals surface area contributed by atoms with Crippen molar-refractivity contribution in [2.75, 3.05) is 7.11 Å². The lowest BCUT2D eigenvalue weighted by Gasteiger charge is -2.30. The van der Waals surface area contributed by atoms with E-state index >= 15 is 0 Å². The molecule has 1 aliphatic rings. The lowest BCUT2D eigenvalue weighted by molar-refractivity contribution is 0.397. The van der Waals surface area contributed by atoms with Gasteiger partial charge in [-0.25, -0.2) is 0 Å². The number of aryl methyl sites for hydroxylation is 2. The minimum absolute atomic E-state index is 0.0439. The molecule has 0 radical (unpaired) electrons. The Kier molecular flexibility index (Phi) is 4.69. The molecule has 0 amide bonds. The molecule has 1 aromatic carbocycles. The van der Waals surface area contributed by atoms with Crippen molar-refractivity contribution in [3.8, 4) is 5.75 Å². The molecule has 0 saturated carbocycles. The second-order valence-corrected chi connectivity index (χ2v) is 14.0. The third-order valence-electron chi connectivity index (χ3n) is 5.17. The number of benzene rings is 1. The summed E-state index contributed by atoms with van der Waals surface area (Å²) in [6, 6.07) is 4.49. The summed E-state index contributed by atoms with van der Waals surface area (Å²) >= 11 is 0. The molecule has 126 valence electrons. The van der Waals surface area contributed by atoms with E-state index in [0.717, 1.165) is 5.75 Å². The van der Waals surface area contributed by atoms with Gasteiger partial charge in [0.15, 0.2) is 0 Å². The molecule has 1 unspecified atom stereocenters. The van der Waals surface area contributed by atoms with E-state index in [1.807, 2.05) is 0 Å². The van der Waals surface area contributed by atoms with Crippen LogP contribution >= 0.6 is 0 Å². The fraction of sp³-hybridized carbons (Fsp3) is 0.524. The molecule has 0 bridgehead atoms. The van der Waals surface area contributed by atoms with Crippen molar-refractivity contribution in [2.24, 2.45) is 0 Å². The second-order valence-electron chi connectivity index (χ2n) is 8.64. The van der Waals surface area contributed by atoms with Crippen LogP contribution in [0.1, 0.15) is 37.5 Å². The summed E-state index contributed by atoms with van der Waals surface area (Å²) in [5.74, 6) is 1.03. The van der Waals surface area contributed by atoms with Gasteiger partial charge in [0.25, 0.3) is 0 Å². The van der Waals surface area contributed by atoms with Gasteiger partial charge in [-0.2, -0.15) is 0 Å². The van der Waals surface area contributed by atoms with Gasteiger partial charge in [-0.3, -0.25) is 0 Å². The standard InChI is InChI=1S/C21H32OSi/c1-14-10-16(3)20(22-6)18(11-14)21(4,5)17-12-15(2)19(13-17)23(7,8)9/h10-13,19H,1-9H3. The largest absolute Gasteiger partial charge is 0.496 e. The molecule has 1 aromatic rings. The summed E-state index contributed by atoms with van der Waals surface area (Å²) in [5.41, 5.74) is 7.38. The van der Waals surface area contributed by atoms with E-state index in [9.17, 15) is 0 Å². The summed E-state index contributed by atoms with van der Waals surface area (Å²) in [4.78, 5) is 0. The van der Waals surface area contributed by atoms with Gasteiger partial charge in [-0.05, 0) is 37.4 Å². The van der Waals surface area contributed by atoms with Crippen molar-refractivity contribution in [1.82, 2.24) is 0 Å². The molecule has 0 heterocycles. The molecular formula is C21H32OSi. The number of ether oxygens (including phenoxy) is 1. The van der Waals surface area contributed by atoms with Crippen LogP contribution in [0.5, 0.6) is 5.75 Å². The van der Waals surface area contributed by atoms with Gasteiger partial charge >= 0.3 is 0 Å². The predicted octanol–water partition coefficient (Wildman–Crippen LogP) is 6.18. The zero-order chi connectivity index (χ0) is 17.6. The molecule has 1 nitrogen and oxygen atoms in total. The number of methoxy groups -OCH3 is 1. The smallest absolute Gasteiger partial charge is 0.125 e.